The molecule has 0 spiro atoms. The molecular weight excluding hydrogens is 282 g/mol. The van der Waals surface area contributed by atoms with Crippen molar-refractivity contribution >= 4 is 5.91 Å². The molecule has 0 bridgehead atoms. The predicted octanol–water partition coefficient (Wildman–Crippen LogP) is 2.49. The summed E-state index contributed by atoms with van der Waals surface area (Å²) in [6.45, 7) is 1.29. The second-order valence-corrected chi connectivity index (χ2v) is 5.83. The van der Waals surface area contributed by atoms with Crippen LogP contribution in [0.1, 0.15) is 36.0 Å². The number of methoxy groups -OCH3 is 2. The fraction of sp³-hybridized carbons (Fsp3) is 0.588. The zero-order valence-corrected chi connectivity index (χ0v) is 13.2. The molecule has 1 amide bonds. The van der Waals surface area contributed by atoms with E-state index >= 15 is 0 Å². The molecule has 1 saturated heterocycles. The first-order chi connectivity index (χ1) is 10.7. The Kier molecular flexibility index (Phi) is 4.52. The quantitative estimate of drug-likeness (QED) is 0.861. The van der Waals surface area contributed by atoms with Crippen molar-refractivity contribution in [1.29, 1.82) is 0 Å². The summed E-state index contributed by atoms with van der Waals surface area (Å²) < 4.78 is 16.4. The molecular formula is C17H23NO4. The van der Waals surface area contributed by atoms with Gasteiger partial charge in [0.05, 0.1) is 33.0 Å². The first-order valence-corrected chi connectivity index (χ1v) is 7.89. The molecule has 0 N–H and O–H groups in total. The Bertz CT molecular complexity index is 543. The highest BCUT2D eigenvalue weighted by Crippen LogP contribution is 2.32. The summed E-state index contributed by atoms with van der Waals surface area (Å²) in [4.78, 5) is 14.9. The van der Waals surface area contributed by atoms with Crippen LogP contribution in [0, 0.1) is 0 Å². The van der Waals surface area contributed by atoms with Gasteiger partial charge in [-0.25, -0.2) is 0 Å². The standard InChI is InChI=1S/C17H23NO4/c1-20-15-8-7-12(11-16(15)21-2)17(19)18-9-10-22-14-6-4-3-5-13(14)18/h7-8,11,13-14H,3-6,9-10H2,1-2H3/t13-,14+/m1/s1. The van der Waals surface area contributed by atoms with E-state index in [9.17, 15) is 4.79 Å². The van der Waals surface area contributed by atoms with Crippen LogP contribution < -0.4 is 9.47 Å². The number of hydrogen-bond acceptors (Lipinski definition) is 4. The fourth-order valence-corrected chi connectivity index (χ4v) is 3.48. The number of ether oxygens (including phenoxy) is 3. The minimum absolute atomic E-state index is 0.0566. The topological polar surface area (TPSA) is 48.0 Å². The molecule has 1 saturated carbocycles. The van der Waals surface area contributed by atoms with Gasteiger partial charge in [-0.15, -0.1) is 0 Å². The average molecular weight is 305 g/mol. The van der Waals surface area contributed by atoms with Crippen LogP contribution in [-0.2, 0) is 4.74 Å². The van der Waals surface area contributed by atoms with Gasteiger partial charge < -0.3 is 19.1 Å². The summed E-state index contributed by atoms with van der Waals surface area (Å²) in [5.74, 6) is 1.28. The van der Waals surface area contributed by atoms with Crippen molar-refractivity contribution in [2.75, 3.05) is 27.4 Å². The molecule has 2 aliphatic rings. The minimum atomic E-state index is 0.0566. The van der Waals surface area contributed by atoms with Gasteiger partial charge in [0.25, 0.3) is 5.91 Å². The Morgan fingerprint density at radius 1 is 1.18 bits per heavy atom. The molecule has 1 heterocycles. The van der Waals surface area contributed by atoms with Gasteiger partial charge in [0.1, 0.15) is 0 Å². The Morgan fingerprint density at radius 3 is 2.73 bits per heavy atom. The third-order valence-electron chi connectivity index (χ3n) is 4.62. The van der Waals surface area contributed by atoms with Crippen LogP contribution in [0.2, 0.25) is 0 Å². The zero-order valence-electron chi connectivity index (χ0n) is 13.2. The van der Waals surface area contributed by atoms with E-state index in [1.165, 1.54) is 12.8 Å². The van der Waals surface area contributed by atoms with Crippen molar-refractivity contribution in [2.24, 2.45) is 0 Å². The van der Waals surface area contributed by atoms with Gasteiger partial charge in [-0.05, 0) is 31.0 Å². The molecule has 1 aliphatic carbocycles. The lowest BCUT2D eigenvalue weighted by Crippen LogP contribution is -2.54. The molecule has 0 radical (unpaired) electrons. The number of carbonyl (C=O) groups is 1. The number of fused-ring (bicyclic) bond motifs is 1. The predicted molar refractivity (Wildman–Crippen MR) is 82.6 cm³/mol. The van der Waals surface area contributed by atoms with Crippen LogP contribution in [0.5, 0.6) is 11.5 Å². The number of carbonyl (C=O) groups excluding carboxylic acids is 1. The summed E-state index contributed by atoms with van der Waals surface area (Å²) in [6.07, 6.45) is 4.65. The molecule has 5 heteroatoms. The molecule has 1 aliphatic heterocycles. The van der Waals surface area contributed by atoms with E-state index < -0.39 is 0 Å². The lowest BCUT2D eigenvalue weighted by atomic mass is 9.89. The minimum Gasteiger partial charge on any atom is -0.493 e. The van der Waals surface area contributed by atoms with E-state index in [0.717, 1.165) is 12.8 Å². The number of benzene rings is 1. The largest absolute Gasteiger partial charge is 0.493 e. The van der Waals surface area contributed by atoms with Gasteiger partial charge in [-0.3, -0.25) is 4.79 Å². The Labute approximate surface area is 131 Å². The molecule has 0 aromatic heterocycles. The van der Waals surface area contributed by atoms with E-state index in [1.807, 2.05) is 4.90 Å². The smallest absolute Gasteiger partial charge is 0.254 e. The maximum atomic E-state index is 12.9. The number of morpholine rings is 1. The highest BCUT2D eigenvalue weighted by molar-refractivity contribution is 5.95. The molecule has 0 unspecified atom stereocenters. The van der Waals surface area contributed by atoms with Crippen molar-refractivity contribution in [2.45, 2.75) is 37.8 Å². The second-order valence-electron chi connectivity index (χ2n) is 5.83. The van der Waals surface area contributed by atoms with Crippen LogP contribution in [-0.4, -0.2) is 50.3 Å². The fourth-order valence-electron chi connectivity index (χ4n) is 3.48. The van der Waals surface area contributed by atoms with Gasteiger partial charge in [-0.2, -0.15) is 0 Å². The van der Waals surface area contributed by atoms with Gasteiger partial charge in [0.15, 0.2) is 11.5 Å². The van der Waals surface area contributed by atoms with Crippen LogP contribution in [0.4, 0.5) is 0 Å². The zero-order chi connectivity index (χ0) is 15.5. The lowest BCUT2D eigenvalue weighted by Gasteiger charge is -2.43. The van der Waals surface area contributed by atoms with E-state index in [1.54, 1.807) is 32.4 Å². The highest BCUT2D eigenvalue weighted by Gasteiger charge is 2.37. The van der Waals surface area contributed by atoms with Crippen LogP contribution in [0.3, 0.4) is 0 Å². The summed E-state index contributed by atoms with van der Waals surface area (Å²) in [7, 11) is 3.17. The van der Waals surface area contributed by atoms with Crippen molar-refractivity contribution in [3.8, 4) is 11.5 Å². The molecule has 22 heavy (non-hydrogen) atoms. The molecule has 1 aromatic rings. The van der Waals surface area contributed by atoms with Crippen LogP contribution in [0.25, 0.3) is 0 Å². The normalized spacial score (nSPS) is 24.5. The first-order valence-electron chi connectivity index (χ1n) is 7.89. The number of hydrogen-bond donors (Lipinski definition) is 0. The Morgan fingerprint density at radius 2 is 1.95 bits per heavy atom. The van der Waals surface area contributed by atoms with Crippen molar-refractivity contribution in [1.82, 2.24) is 4.90 Å². The summed E-state index contributed by atoms with van der Waals surface area (Å²) >= 11 is 0. The Hall–Kier alpha value is -1.75. The Balaban J connectivity index is 1.83. The summed E-state index contributed by atoms with van der Waals surface area (Å²) in [5, 5.41) is 0. The number of nitrogens with zero attached hydrogens (tertiary/aromatic N) is 1. The average Bonchev–Trinajstić information content (AvgIpc) is 2.60. The monoisotopic (exact) mass is 305 g/mol. The van der Waals surface area contributed by atoms with E-state index in [4.69, 9.17) is 14.2 Å². The van der Waals surface area contributed by atoms with Crippen molar-refractivity contribution in [3.05, 3.63) is 23.8 Å². The third-order valence-corrected chi connectivity index (χ3v) is 4.62. The van der Waals surface area contributed by atoms with E-state index in [-0.39, 0.29) is 18.1 Å². The third kappa shape index (κ3) is 2.77. The number of amides is 1. The molecule has 2 atom stereocenters. The molecule has 2 fully saturated rings. The van der Waals surface area contributed by atoms with Crippen LogP contribution >= 0.6 is 0 Å². The second kappa shape index (κ2) is 6.57. The SMILES string of the molecule is COc1ccc(C(=O)N2CCO[C@H]3CCCC[C@H]32)cc1OC. The van der Waals surface area contributed by atoms with Gasteiger partial charge in [0, 0.05) is 12.1 Å². The van der Waals surface area contributed by atoms with Crippen LogP contribution in [0.15, 0.2) is 18.2 Å². The maximum Gasteiger partial charge on any atom is 0.254 e. The van der Waals surface area contributed by atoms with Gasteiger partial charge >= 0.3 is 0 Å². The highest BCUT2D eigenvalue weighted by atomic mass is 16.5. The van der Waals surface area contributed by atoms with Gasteiger partial charge in [-0.1, -0.05) is 12.8 Å². The lowest BCUT2D eigenvalue weighted by molar-refractivity contribution is -0.0752. The molecule has 3 rings (SSSR count). The molecule has 120 valence electrons. The maximum absolute atomic E-state index is 12.9. The van der Waals surface area contributed by atoms with Gasteiger partial charge in [0.2, 0.25) is 0 Å². The van der Waals surface area contributed by atoms with Crippen molar-refractivity contribution in [3.63, 3.8) is 0 Å². The number of rotatable bonds is 3. The van der Waals surface area contributed by atoms with E-state index in [0.29, 0.717) is 30.2 Å². The molecule has 5 nitrogen and oxygen atoms in total. The molecule has 1 aromatic carbocycles. The van der Waals surface area contributed by atoms with E-state index in [2.05, 4.69) is 0 Å². The van der Waals surface area contributed by atoms with Crippen molar-refractivity contribution < 1.29 is 19.0 Å². The summed E-state index contributed by atoms with van der Waals surface area (Å²) in [6, 6.07) is 5.55. The first kappa shape index (κ1) is 15.2. The summed E-state index contributed by atoms with van der Waals surface area (Å²) in [5.41, 5.74) is 0.642.